The van der Waals surface area contributed by atoms with Gasteiger partial charge in [-0.1, -0.05) is 32.0 Å². The summed E-state index contributed by atoms with van der Waals surface area (Å²) in [6.45, 7) is 4.59. The summed E-state index contributed by atoms with van der Waals surface area (Å²) < 4.78 is 0. The van der Waals surface area contributed by atoms with Gasteiger partial charge >= 0.3 is 0 Å². The van der Waals surface area contributed by atoms with Crippen LogP contribution in [-0.4, -0.2) is 21.1 Å². The highest BCUT2D eigenvalue weighted by Crippen LogP contribution is 2.57. The van der Waals surface area contributed by atoms with E-state index in [1.807, 2.05) is 30.7 Å². The number of aromatic nitrogens is 3. The van der Waals surface area contributed by atoms with E-state index < -0.39 is 0 Å². The first-order valence-electron chi connectivity index (χ1n) is 8.07. The molecule has 0 aliphatic carbocycles. The highest BCUT2D eigenvalue weighted by molar-refractivity contribution is 5.90. The van der Waals surface area contributed by atoms with Gasteiger partial charge in [0.05, 0.1) is 6.20 Å². The number of nitrogens with zero attached hydrogens (tertiary/aromatic N) is 5. The molecule has 0 radical (unpaired) electrons. The minimum absolute atomic E-state index is 0.0550. The van der Waals surface area contributed by atoms with Crippen molar-refractivity contribution >= 4 is 22.9 Å². The van der Waals surface area contributed by atoms with Crippen molar-refractivity contribution in [2.24, 2.45) is 0 Å². The maximum Gasteiger partial charge on any atom is 0.162 e. The summed E-state index contributed by atoms with van der Waals surface area (Å²) in [5.74, 6) is 0.948. The molecule has 1 unspecified atom stereocenters. The van der Waals surface area contributed by atoms with Crippen molar-refractivity contribution in [3.8, 4) is 0 Å². The SMILES string of the molecule is CC1(C)c2ccccc2N2c3cncnc3N(c3ccncc3)C21. The predicted molar refractivity (Wildman–Crippen MR) is 93.8 cm³/mol. The van der Waals surface area contributed by atoms with Crippen molar-refractivity contribution in [3.63, 3.8) is 0 Å². The minimum atomic E-state index is -0.0550. The lowest BCUT2D eigenvalue weighted by molar-refractivity contribution is 0.450. The van der Waals surface area contributed by atoms with Gasteiger partial charge in [-0.15, -0.1) is 0 Å². The highest BCUT2D eigenvalue weighted by atomic mass is 15.5. The molecule has 118 valence electrons. The molecule has 0 bridgehead atoms. The molecule has 24 heavy (non-hydrogen) atoms. The monoisotopic (exact) mass is 315 g/mol. The molecule has 0 spiro atoms. The van der Waals surface area contributed by atoms with Crippen LogP contribution in [0, 0.1) is 0 Å². The molecule has 0 N–H and O–H groups in total. The zero-order chi connectivity index (χ0) is 16.3. The van der Waals surface area contributed by atoms with Crippen molar-refractivity contribution in [1.29, 1.82) is 0 Å². The molecule has 2 aromatic heterocycles. The Hall–Kier alpha value is -2.95. The third-order valence-corrected chi connectivity index (χ3v) is 5.09. The summed E-state index contributed by atoms with van der Waals surface area (Å²) in [7, 11) is 0. The second kappa shape index (κ2) is 4.54. The standard InChI is InChI=1S/C19H17N5/c1-19(2)14-5-3-4-6-15(14)24-16-11-21-12-22-17(16)23(18(19)24)13-7-9-20-10-8-13/h3-12,18H,1-2H3. The van der Waals surface area contributed by atoms with E-state index in [9.17, 15) is 0 Å². The fourth-order valence-corrected chi connectivity index (χ4v) is 4.08. The smallest absolute Gasteiger partial charge is 0.162 e. The second-order valence-corrected chi connectivity index (χ2v) is 6.79. The highest BCUT2D eigenvalue weighted by Gasteiger charge is 2.54. The number of fused-ring (bicyclic) bond motifs is 5. The van der Waals surface area contributed by atoms with Gasteiger partial charge in [0.25, 0.3) is 0 Å². The van der Waals surface area contributed by atoms with Crippen LogP contribution >= 0.6 is 0 Å². The number of pyridine rings is 1. The van der Waals surface area contributed by atoms with E-state index in [0.717, 1.165) is 17.2 Å². The largest absolute Gasteiger partial charge is 0.314 e. The molecule has 0 fully saturated rings. The first-order chi connectivity index (χ1) is 11.7. The number of rotatable bonds is 1. The van der Waals surface area contributed by atoms with Gasteiger partial charge in [0, 0.05) is 29.2 Å². The fraction of sp³-hybridized carbons (Fsp3) is 0.211. The average molecular weight is 315 g/mol. The van der Waals surface area contributed by atoms with E-state index in [-0.39, 0.29) is 11.6 Å². The Balaban J connectivity index is 1.80. The normalized spacial score (nSPS) is 19.8. The first kappa shape index (κ1) is 13.5. The van der Waals surface area contributed by atoms with Crippen LogP contribution in [0.4, 0.5) is 22.9 Å². The Labute approximate surface area is 140 Å². The van der Waals surface area contributed by atoms with Gasteiger partial charge in [0.2, 0.25) is 0 Å². The van der Waals surface area contributed by atoms with Crippen molar-refractivity contribution in [1.82, 2.24) is 15.0 Å². The molecular weight excluding hydrogens is 298 g/mol. The maximum atomic E-state index is 4.59. The first-order valence-corrected chi connectivity index (χ1v) is 8.07. The molecule has 0 saturated carbocycles. The summed E-state index contributed by atoms with van der Waals surface area (Å²) >= 11 is 0. The Bertz CT molecular complexity index is 907. The molecule has 1 atom stereocenters. The van der Waals surface area contributed by atoms with Gasteiger partial charge in [0.1, 0.15) is 18.2 Å². The van der Waals surface area contributed by atoms with E-state index >= 15 is 0 Å². The quantitative estimate of drug-likeness (QED) is 0.684. The van der Waals surface area contributed by atoms with Crippen LogP contribution < -0.4 is 9.80 Å². The van der Waals surface area contributed by atoms with Gasteiger partial charge in [-0.3, -0.25) is 4.98 Å². The Morgan fingerprint density at radius 3 is 2.54 bits per heavy atom. The zero-order valence-corrected chi connectivity index (χ0v) is 13.6. The van der Waals surface area contributed by atoms with Crippen LogP contribution in [0.2, 0.25) is 0 Å². The average Bonchev–Trinajstić information content (AvgIpc) is 3.08. The molecule has 2 aliphatic rings. The molecule has 0 amide bonds. The third kappa shape index (κ3) is 1.56. The molecule has 3 aromatic rings. The molecule has 0 saturated heterocycles. The lowest BCUT2D eigenvalue weighted by Gasteiger charge is -2.36. The van der Waals surface area contributed by atoms with Gasteiger partial charge < -0.3 is 9.80 Å². The summed E-state index contributed by atoms with van der Waals surface area (Å²) in [5.41, 5.74) is 4.68. The van der Waals surface area contributed by atoms with Crippen LogP contribution in [-0.2, 0) is 5.41 Å². The second-order valence-electron chi connectivity index (χ2n) is 6.79. The zero-order valence-electron chi connectivity index (χ0n) is 13.6. The van der Waals surface area contributed by atoms with E-state index in [1.54, 1.807) is 6.33 Å². The predicted octanol–water partition coefficient (Wildman–Crippen LogP) is 3.78. The summed E-state index contributed by atoms with van der Waals surface area (Å²) in [6, 6.07) is 12.7. The van der Waals surface area contributed by atoms with E-state index in [0.29, 0.717) is 0 Å². The summed E-state index contributed by atoms with van der Waals surface area (Å²) in [4.78, 5) is 17.7. The van der Waals surface area contributed by atoms with E-state index in [4.69, 9.17) is 0 Å². The van der Waals surface area contributed by atoms with Crippen molar-refractivity contribution in [2.45, 2.75) is 25.4 Å². The number of hydrogen-bond acceptors (Lipinski definition) is 5. The number of benzene rings is 1. The molecule has 2 aliphatic heterocycles. The Morgan fingerprint density at radius 2 is 1.71 bits per heavy atom. The number of hydrogen-bond donors (Lipinski definition) is 0. The Kier molecular flexibility index (Phi) is 2.55. The lowest BCUT2D eigenvalue weighted by atomic mass is 9.83. The minimum Gasteiger partial charge on any atom is -0.314 e. The molecule has 5 rings (SSSR count). The Morgan fingerprint density at radius 1 is 0.917 bits per heavy atom. The summed E-state index contributed by atoms with van der Waals surface area (Å²) in [6.07, 6.45) is 7.31. The molecule has 5 heteroatoms. The van der Waals surface area contributed by atoms with Gasteiger partial charge in [-0.2, -0.15) is 0 Å². The van der Waals surface area contributed by atoms with E-state index in [1.165, 1.54) is 11.3 Å². The topological polar surface area (TPSA) is 45.2 Å². The molecule has 5 nitrogen and oxygen atoms in total. The van der Waals surface area contributed by atoms with Gasteiger partial charge in [-0.25, -0.2) is 9.97 Å². The van der Waals surface area contributed by atoms with Crippen molar-refractivity contribution in [2.75, 3.05) is 9.80 Å². The van der Waals surface area contributed by atoms with Crippen LogP contribution in [0.3, 0.4) is 0 Å². The third-order valence-electron chi connectivity index (χ3n) is 5.09. The number of para-hydroxylation sites is 1. The van der Waals surface area contributed by atoms with Crippen molar-refractivity contribution in [3.05, 3.63) is 66.9 Å². The molecule has 4 heterocycles. The maximum absolute atomic E-state index is 4.59. The van der Waals surface area contributed by atoms with E-state index in [2.05, 4.69) is 62.9 Å². The lowest BCUT2D eigenvalue weighted by Crippen LogP contribution is -2.46. The summed E-state index contributed by atoms with van der Waals surface area (Å²) in [5, 5.41) is 0. The fourth-order valence-electron chi connectivity index (χ4n) is 4.08. The van der Waals surface area contributed by atoms with Crippen LogP contribution in [0.15, 0.2) is 61.3 Å². The van der Waals surface area contributed by atoms with Crippen LogP contribution in [0.1, 0.15) is 19.4 Å². The van der Waals surface area contributed by atoms with Gasteiger partial charge in [0.15, 0.2) is 5.82 Å². The number of anilines is 4. The molecule has 1 aromatic carbocycles. The molecular formula is C19H17N5. The van der Waals surface area contributed by atoms with Crippen molar-refractivity contribution < 1.29 is 0 Å². The van der Waals surface area contributed by atoms with Crippen LogP contribution in [0.5, 0.6) is 0 Å². The van der Waals surface area contributed by atoms with Gasteiger partial charge in [-0.05, 0) is 23.8 Å². The van der Waals surface area contributed by atoms with Crippen LogP contribution in [0.25, 0.3) is 0 Å².